The molecule has 0 spiro atoms. The summed E-state index contributed by atoms with van der Waals surface area (Å²) in [4.78, 5) is 23.7. The maximum Gasteiger partial charge on any atom is 0.167 e. The van der Waals surface area contributed by atoms with Gasteiger partial charge in [0.1, 0.15) is 18.6 Å². The van der Waals surface area contributed by atoms with Crippen molar-refractivity contribution in [2.75, 3.05) is 0 Å². The zero-order chi connectivity index (χ0) is 16.2. The molecule has 0 aromatic heterocycles. The Hall–Kier alpha value is -2.42. The van der Waals surface area contributed by atoms with Gasteiger partial charge in [0.2, 0.25) is 0 Å². The van der Waals surface area contributed by atoms with E-state index in [1.165, 1.54) is 0 Å². The zero-order valence-electron chi connectivity index (χ0n) is 13.2. The molecule has 0 aliphatic heterocycles. The maximum atomic E-state index is 12.5. The van der Waals surface area contributed by atoms with E-state index in [1.807, 2.05) is 36.4 Å². The summed E-state index contributed by atoms with van der Waals surface area (Å²) in [5, 5.41) is 0. The topological polar surface area (TPSA) is 43.4 Å². The van der Waals surface area contributed by atoms with Crippen LogP contribution in [0.4, 0.5) is 0 Å². The van der Waals surface area contributed by atoms with E-state index in [4.69, 9.17) is 4.74 Å². The van der Waals surface area contributed by atoms with Crippen LogP contribution in [-0.2, 0) is 13.0 Å². The minimum absolute atomic E-state index is 0.124. The van der Waals surface area contributed by atoms with Crippen molar-refractivity contribution in [3.05, 3.63) is 64.7 Å². The molecule has 2 aromatic carbocycles. The van der Waals surface area contributed by atoms with Gasteiger partial charge in [-0.3, -0.25) is 9.59 Å². The van der Waals surface area contributed by atoms with Gasteiger partial charge in [-0.25, -0.2) is 0 Å². The Morgan fingerprint density at radius 1 is 1.17 bits per heavy atom. The first-order chi connectivity index (χ1) is 11.2. The van der Waals surface area contributed by atoms with Crippen LogP contribution in [0.2, 0.25) is 0 Å². The monoisotopic (exact) mass is 308 g/mol. The third-order valence-electron chi connectivity index (χ3n) is 4.42. The van der Waals surface area contributed by atoms with Crippen LogP contribution in [0.1, 0.15) is 51.6 Å². The number of Topliss-reactive ketones (excluding diaryl/α,β-unsaturated/α-hetero) is 1. The number of rotatable bonds is 5. The predicted octanol–water partition coefficient (Wildman–Crippen LogP) is 4.23. The van der Waals surface area contributed by atoms with Crippen molar-refractivity contribution in [3.8, 4) is 5.75 Å². The van der Waals surface area contributed by atoms with Gasteiger partial charge in [0.25, 0.3) is 0 Å². The average Bonchev–Trinajstić information content (AvgIpc) is 2.59. The highest BCUT2D eigenvalue weighted by Crippen LogP contribution is 2.34. The van der Waals surface area contributed by atoms with Crippen molar-refractivity contribution in [1.29, 1.82) is 0 Å². The highest BCUT2D eigenvalue weighted by molar-refractivity contribution is 6.02. The lowest BCUT2D eigenvalue weighted by Gasteiger charge is -2.25. The second kappa shape index (κ2) is 6.78. The van der Waals surface area contributed by atoms with E-state index in [9.17, 15) is 9.59 Å². The second-order valence-corrected chi connectivity index (χ2v) is 6.05. The molecule has 0 amide bonds. The summed E-state index contributed by atoms with van der Waals surface area (Å²) in [6, 6.07) is 13.3. The predicted molar refractivity (Wildman–Crippen MR) is 89.0 cm³/mol. The fourth-order valence-corrected chi connectivity index (χ4v) is 3.13. The standard InChI is InChI=1S/C20H20O3/c1-2-14-8-17-9-16(12-21)11-19(20(17)18(22)10-14)23-13-15-6-4-3-5-7-15/h3-7,9,11-12,14H,2,8,10,13H2,1H3. The molecule has 0 saturated heterocycles. The number of fused-ring (bicyclic) bond motifs is 1. The van der Waals surface area contributed by atoms with Crippen molar-refractivity contribution >= 4 is 12.1 Å². The van der Waals surface area contributed by atoms with Gasteiger partial charge in [-0.05, 0) is 35.6 Å². The zero-order valence-corrected chi connectivity index (χ0v) is 13.2. The normalized spacial score (nSPS) is 16.7. The van der Waals surface area contributed by atoms with E-state index in [1.54, 1.807) is 6.07 Å². The first kappa shape index (κ1) is 15.5. The van der Waals surface area contributed by atoms with Gasteiger partial charge in [0.15, 0.2) is 5.78 Å². The summed E-state index contributed by atoms with van der Waals surface area (Å²) >= 11 is 0. The van der Waals surface area contributed by atoms with Crippen LogP contribution in [0.15, 0.2) is 42.5 Å². The first-order valence-corrected chi connectivity index (χ1v) is 8.03. The largest absolute Gasteiger partial charge is 0.488 e. The molecule has 23 heavy (non-hydrogen) atoms. The molecule has 1 unspecified atom stereocenters. The van der Waals surface area contributed by atoms with Gasteiger partial charge < -0.3 is 4.74 Å². The lowest BCUT2D eigenvalue weighted by Crippen LogP contribution is -2.21. The number of hydrogen-bond donors (Lipinski definition) is 0. The van der Waals surface area contributed by atoms with E-state index >= 15 is 0 Å². The molecule has 0 bridgehead atoms. The molecule has 0 N–H and O–H groups in total. The summed E-state index contributed by atoms with van der Waals surface area (Å²) < 4.78 is 5.89. The summed E-state index contributed by atoms with van der Waals surface area (Å²) in [7, 11) is 0. The summed E-state index contributed by atoms with van der Waals surface area (Å²) in [6.07, 6.45) is 3.18. The summed E-state index contributed by atoms with van der Waals surface area (Å²) in [5.41, 5.74) is 3.21. The highest BCUT2D eigenvalue weighted by atomic mass is 16.5. The number of ketones is 1. The number of ether oxygens (including phenoxy) is 1. The van der Waals surface area contributed by atoms with Gasteiger partial charge >= 0.3 is 0 Å². The van der Waals surface area contributed by atoms with Crippen LogP contribution in [0.25, 0.3) is 0 Å². The number of carbonyl (C=O) groups excluding carboxylic acids is 2. The van der Waals surface area contributed by atoms with Gasteiger partial charge in [0.05, 0.1) is 5.56 Å². The molecule has 1 aliphatic rings. The van der Waals surface area contributed by atoms with Crippen LogP contribution >= 0.6 is 0 Å². The maximum absolute atomic E-state index is 12.5. The number of benzene rings is 2. The molecule has 3 rings (SSSR count). The van der Waals surface area contributed by atoms with Gasteiger partial charge in [-0.1, -0.05) is 43.7 Å². The molecule has 2 aromatic rings. The molecule has 0 heterocycles. The Morgan fingerprint density at radius 3 is 2.65 bits per heavy atom. The van der Waals surface area contributed by atoms with Crippen LogP contribution in [0, 0.1) is 5.92 Å². The molecule has 0 radical (unpaired) electrons. The molecular weight excluding hydrogens is 288 g/mol. The van der Waals surface area contributed by atoms with Crippen LogP contribution < -0.4 is 4.74 Å². The Kier molecular flexibility index (Phi) is 4.56. The molecule has 0 fully saturated rings. The third kappa shape index (κ3) is 3.34. The first-order valence-electron chi connectivity index (χ1n) is 8.03. The smallest absolute Gasteiger partial charge is 0.167 e. The average molecular weight is 308 g/mol. The van der Waals surface area contributed by atoms with Crippen molar-refractivity contribution in [2.45, 2.75) is 32.8 Å². The fourth-order valence-electron chi connectivity index (χ4n) is 3.13. The van der Waals surface area contributed by atoms with Crippen molar-refractivity contribution in [2.24, 2.45) is 5.92 Å². The fraction of sp³-hybridized carbons (Fsp3) is 0.300. The van der Waals surface area contributed by atoms with E-state index in [2.05, 4.69) is 6.92 Å². The van der Waals surface area contributed by atoms with E-state index < -0.39 is 0 Å². The molecule has 3 heteroatoms. The minimum atomic E-state index is 0.124. The van der Waals surface area contributed by atoms with Gasteiger partial charge in [-0.2, -0.15) is 0 Å². The van der Waals surface area contributed by atoms with E-state index in [0.29, 0.717) is 35.8 Å². The van der Waals surface area contributed by atoms with Crippen molar-refractivity contribution in [3.63, 3.8) is 0 Å². The number of carbonyl (C=O) groups is 2. The molecule has 0 saturated carbocycles. The molecule has 1 atom stereocenters. The summed E-state index contributed by atoms with van der Waals surface area (Å²) in [6.45, 7) is 2.49. The van der Waals surface area contributed by atoms with Crippen LogP contribution in [0.5, 0.6) is 5.75 Å². The van der Waals surface area contributed by atoms with Crippen molar-refractivity contribution in [1.82, 2.24) is 0 Å². The Bertz CT molecular complexity index is 719. The lowest BCUT2D eigenvalue weighted by molar-refractivity contribution is 0.0941. The second-order valence-electron chi connectivity index (χ2n) is 6.05. The quantitative estimate of drug-likeness (QED) is 0.776. The van der Waals surface area contributed by atoms with E-state index in [-0.39, 0.29) is 5.78 Å². The van der Waals surface area contributed by atoms with Crippen LogP contribution in [0.3, 0.4) is 0 Å². The van der Waals surface area contributed by atoms with Gasteiger partial charge in [-0.15, -0.1) is 0 Å². The Balaban J connectivity index is 1.93. The Morgan fingerprint density at radius 2 is 1.96 bits per heavy atom. The summed E-state index contributed by atoms with van der Waals surface area (Å²) in [5.74, 6) is 1.02. The minimum Gasteiger partial charge on any atom is -0.488 e. The third-order valence-corrected chi connectivity index (χ3v) is 4.42. The van der Waals surface area contributed by atoms with Crippen LogP contribution in [-0.4, -0.2) is 12.1 Å². The van der Waals surface area contributed by atoms with E-state index in [0.717, 1.165) is 30.3 Å². The molecule has 3 nitrogen and oxygen atoms in total. The molecular formula is C20H20O3. The van der Waals surface area contributed by atoms with Gasteiger partial charge in [0, 0.05) is 12.0 Å². The SMILES string of the molecule is CCC1CC(=O)c2c(cc(C=O)cc2OCc2ccccc2)C1. The van der Waals surface area contributed by atoms with Crippen molar-refractivity contribution < 1.29 is 14.3 Å². The number of hydrogen-bond acceptors (Lipinski definition) is 3. The number of aldehydes is 1. The molecule has 118 valence electrons. The lowest BCUT2D eigenvalue weighted by atomic mass is 9.80. The molecule has 1 aliphatic carbocycles. The highest BCUT2D eigenvalue weighted by Gasteiger charge is 2.28. The Labute approximate surface area is 136 Å².